The number of carbonyl (C=O) groups is 2. The van der Waals surface area contributed by atoms with Gasteiger partial charge < -0.3 is 10.6 Å². The summed E-state index contributed by atoms with van der Waals surface area (Å²) in [5.74, 6) is -0.157. The molecule has 1 aliphatic rings. The van der Waals surface area contributed by atoms with Gasteiger partial charge in [-0.2, -0.15) is 0 Å². The maximum atomic E-state index is 12.1. The molecule has 0 bridgehead atoms. The molecule has 106 valence electrons. The topological polar surface area (TPSA) is 58.2 Å². The van der Waals surface area contributed by atoms with Crippen molar-refractivity contribution < 1.29 is 9.59 Å². The lowest BCUT2D eigenvalue weighted by molar-refractivity contribution is -0.119. The van der Waals surface area contributed by atoms with Gasteiger partial charge in [0, 0.05) is 18.5 Å². The van der Waals surface area contributed by atoms with Crippen LogP contribution in [0.2, 0.25) is 0 Å². The maximum absolute atomic E-state index is 12.1. The average Bonchev–Trinajstić information content (AvgIpc) is 2.93. The molecule has 3 rings (SSSR count). The van der Waals surface area contributed by atoms with Gasteiger partial charge in [-0.05, 0) is 23.3 Å². The smallest absolute Gasteiger partial charge is 0.251 e. The summed E-state index contributed by atoms with van der Waals surface area (Å²) in [6, 6.07) is 17.4. The van der Waals surface area contributed by atoms with Crippen LogP contribution >= 0.6 is 0 Å². The molecule has 0 spiro atoms. The summed E-state index contributed by atoms with van der Waals surface area (Å²) in [6.07, 6.45) is 0.355. The predicted octanol–water partition coefficient (Wildman–Crippen LogP) is 1.97. The SMILES string of the molecule is O=C1C[C@H](NC(=O)c2ccc(-c3ccccc3)cc2)CN1. The number of hydrogen-bond acceptors (Lipinski definition) is 2. The Morgan fingerprint density at radius 2 is 1.67 bits per heavy atom. The predicted molar refractivity (Wildman–Crippen MR) is 80.8 cm³/mol. The van der Waals surface area contributed by atoms with Crippen LogP contribution in [0.1, 0.15) is 16.8 Å². The van der Waals surface area contributed by atoms with Gasteiger partial charge in [0.2, 0.25) is 5.91 Å². The Balaban J connectivity index is 1.69. The molecule has 1 saturated heterocycles. The van der Waals surface area contributed by atoms with Gasteiger partial charge >= 0.3 is 0 Å². The van der Waals surface area contributed by atoms with E-state index in [1.165, 1.54) is 0 Å². The van der Waals surface area contributed by atoms with Crippen LogP contribution in [0.25, 0.3) is 11.1 Å². The fourth-order valence-electron chi connectivity index (χ4n) is 2.42. The lowest BCUT2D eigenvalue weighted by Gasteiger charge is -2.10. The molecule has 2 N–H and O–H groups in total. The molecule has 0 radical (unpaired) electrons. The van der Waals surface area contributed by atoms with E-state index in [1.54, 1.807) is 0 Å². The quantitative estimate of drug-likeness (QED) is 0.903. The molecule has 1 heterocycles. The van der Waals surface area contributed by atoms with Gasteiger partial charge in [0.15, 0.2) is 0 Å². The highest BCUT2D eigenvalue weighted by Gasteiger charge is 2.23. The highest BCUT2D eigenvalue weighted by molar-refractivity contribution is 5.95. The summed E-state index contributed by atoms with van der Waals surface area (Å²) in [5, 5.41) is 5.57. The Kier molecular flexibility index (Phi) is 3.69. The van der Waals surface area contributed by atoms with E-state index in [9.17, 15) is 9.59 Å². The minimum absolute atomic E-state index is 0.0141. The number of rotatable bonds is 3. The number of amides is 2. The van der Waals surface area contributed by atoms with Gasteiger partial charge in [-0.25, -0.2) is 0 Å². The first kappa shape index (κ1) is 13.4. The maximum Gasteiger partial charge on any atom is 0.251 e. The molecular formula is C17H16N2O2. The van der Waals surface area contributed by atoms with Gasteiger partial charge in [0.05, 0.1) is 6.04 Å². The zero-order valence-corrected chi connectivity index (χ0v) is 11.5. The first-order chi connectivity index (χ1) is 10.2. The summed E-state index contributed by atoms with van der Waals surface area (Å²) >= 11 is 0. The third-order valence-corrected chi connectivity index (χ3v) is 3.57. The van der Waals surface area contributed by atoms with Crippen molar-refractivity contribution in [1.82, 2.24) is 10.6 Å². The van der Waals surface area contributed by atoms with E-state index in [1.807, 2.05) is 54.6 Å². The number of hydrogen-bond donors (Lipinski definition) is 2. The highest BCUT2D eigenvalue weighted by Crippen LogP contribution is 2.19. The minimum Gasteiger partial charge on any atom is -0.354 e. The van der Waals surface area contributed by atoms with Crippen molar-refractivity contribution in [1.29, 1.82) is 0 Å². The summed E-state index contributed by atoms with van der Waals surface area (Å²) in [5.41, 5.74) is 2.80. The van der Waals surface area contributed by atoms with Crippen LogP contribution in [0, 0.1) is 0 Å². The normalized spacial score (nSPS) is 17.3. The van der Waals surface area contributed by atoms with Crippen molar-refractivity contribution >= 4 is 11.8 Å². The van der Waals surface area contributed by atoms with E-state index in [2.05, 4.69) is 10.6 Å². The molecule has 0 aliphatic carbocycles. The van der Waals surface area contributed by atoms with E-state index in [-0.39, 0.29) is 17.9 Å². The second-order valence-corrected chi connectivity index (χ2v) is 5.12. The van der Waals surface area contributed by atoms with E-state index < -0.39 is 0 Å². The van der Waals surface area contributed by atoms with E-state index in [0.29, 0.717) is 18.5 Å². The first-order valence-electron chi connectivity index (χ1n) is 6.95. The van der Waals surface area contributed by atoms with E-state index >= 15 is 0 Å². The lowest BCUT2D eigenvalue weighted by Crippen LogP contribution is -2.36. The summed E-state index contributed by atoms with van der Waals surface area (Å²) < 4.78 is 0. The van der Waals surface area contributed by atoms with Crippen molar-refractivity contribution in [3.63, 3.8) is 0 Å². The molecule has 1 atom stereocenters. The number of benzene rings is 2. The first-order valence-corrected chi connectivity index (χ1v) is 6.95. The lowest BCUT2D eigenvalue weighted by atomic mass is 10.0. The van der Waals surface area contributed by atoms with Crippen LogP contribution in [-0.2, 0) is 4.79 Å². The van der Waals surface area contributed by atoms with Crippen molar-refractivity contribution in [3.05, 3.63) is 60.2 Å². The molecule has 21 heavy (non-hydrogen) atoms. The molecule has 0 aromatic heterocycles. The Labute approximate surface area is 123 Å². The molecule has 4 heteroatoms. The van der Waals surface area contributed by atoms with Crippen LogP contribution < -0.4 is 10.6 Å². The van der Waals surface area contributed by atoms with Crippen molar-refractivity contribution in [2.45, 2.75) is 12.5 Å². The number of carbonyl (C=O) groups excluding carboxylic acids is 2. The van der Waals surface area contributed by atoms with Crippen molar-refractivity contribution in [3.8, 4) is 11.1 Å². The third kappa shape index (κ3) is 3.11. The second kappa shape index (κ2) is 5.79. The van der Waals surface area contributed by atoms with Gasteiger partial charge in [0.25, 0.3) is 5.91 Å². The molecule has 0 saturated carbocycles. The molecular weight excluding hydrogens is 264 g/mol. The third-order valence-electron chi connectivity index (χ3n) is 3.57. The molecule has 2 amide bonds. The fourth-order valence-corrected chi connectivity index (χ4v) is 2.42. The van der Waals surface area contributed by atoms with Crippen LogP contribution in [-0.4, -0.2) is 24.4 Å². The Hall–Kier alpha value is -2.62. The monoisotopic (exact) mass is 280 g/mol. The zero-order chi connectivity index (χ0) is 14.7. The molecule has 2 aromatic rings. The largest absolute Gasteiger partial charge is 0.354 e. The van der Waals surface area contributed by atoms with E-state index in [4.69, 9.17) is 0 Å². The average molecular weight is 280 g/mol. The van der Waals surface area contributed by atoms with Gasteiger partial charge in [-0.15, -0.1) is 0 Å². The van der Waals surface area contributed by atoms with Crippen molar-refractivity contribution in [2.75, 3.05) is 6.54 Å². The Morgan fingerprint density at radius 3 is 2.29 bits per heavy atom. The minimum atomic E-state index is -0.142. The van der Waals surface area contributed by atoms with Crippen LogP contribution in [0.5, 0.6) is 0 Å². The van der Waals surface area contributed by atoms with Crippen LogP contribution in [0.15, 0.2) is 54.6 Å². The Bertz CT molecular complexity index is 650. The van der Waals surface area contributed by atoms with Gasteiger partial charge in [-0.1, -0.05) is 42.5 Å². The highest BCUT2D eigenvalue weighted by atomic mass is 16.2. The van der Waals surface area contributed by atoms with Gasteiger partial charge in [0.1, 0.15) is 0 Å². The van der Waals surface area contributed by atoms with Gasteiger partial charge in [-0.3, -0.25) is 9.59 Å². The standard InChI is InChI=1S/C17H16N2O2/c20-16-10-15(11-18-16)19-17(21)14-8-6-13(7-9-14)12-4-2-1-3-5-12/h1-9,15H,10-11H2,(H,18,20)(H,19,21)/t15-/m0/s1. The zero-order valence-electron chi connectivity index (χ0n) is 11.5. The summed E-state index contributed by atoms with van der Waals surface area (Å²) in [7, 11) is 0. The Morgan fingerprint density at radius 1 is 1.00 bits per heavy atom. The molecule has 1 fully saturated rings. The fraction of sp³-hybridized carbons (Fsp3) is 0.176. The number of nitrogens with one attached hydrogen (secondary N) is 2. The molecule has 0 unspecified atom stereocenters. The second-order valence-electron chi connectivity index (χ2n) is 5.12. The van der Waals surface area contributed by atoms with E-state index in [0.717, 1.165) is 11.1 Å². The molecule has 2 aromatic carbocycles. The molecule has 4 nitrogen and oxygen atoms in total. The van der Waals surface area contributed by atoms with Crippen LogP contribution in [0.4, 0.5) is 0 Å². The summed E-state index contributed by atoms with van der Waals surface area (Å²) in [6.45, 7) is 0.507. The summed E-state index contributed by atoms with van der Waals surface area (Å²) in [4.78, 5) is 23.2. The van der Waals surface area contributed by atoms with Crippen molar-refractivity contribution in [2.24, 2.45) is 0 Å². The molecule has 1 aliphatic heterocycles. The van der Waals surface area contributed by atoms with Crippen LogP contribution in [0.3, 0.4) is 0 Å².